The fourth-order valence-corrected chi connectivity index (χ4v) is 4.87. The minimum atomic E-state index is -0.304. The number of carbonyl (C=O) groups is 1. The first-order valence-electron chi connectivity index (χ1n) is 9.77. The monoisotopic (exact) mass is 417 g/mol. The number of thiophene rings is 1. The van der Waals surface area contributed by atoms with Crippen molar-refractivity contribution < 1.29 is 9.21 Å². The molecule has 150 valence electrons. The molecule has 3 heterocycles. The molecule has 30 heavy (non-hydrogen) atoms. The number of nitrogens with one attached hydrogen (secondary N) is 2. The molecule has 0 atom stereocenters. The number of aromatic nitrogens is 2. The molecule has 7 nitrogen and oxygen atoms in total. The summed E-state index contributed by atoms with van der Waals surface area (Å²) in [6, 6.07) is 10.8. The number of rotatable bonds is 5. The molecule has 4 aromatic rings. The fraction of sp³-hybridized carbons (Fsp3) is 0.182. The van der Waals surface area contributed by atoms with E-state index in [-0.39, 0.29) is 5.91 Å². The third-order valence-electron chi connectivity index (χ3n) is 5.04. The minimum absolute atomic E-state index is 0.304. The van der Waals surface area contributed by atoms with Crippen molar-refractivity contribution in [1.82, 2.24) is 15.4 Å². The maximum Gasteiger partial charge on any atom is 0.271 e. The normalized spacial score (nSPS) is 13.5. The van der Waals surface area contributed by atoms with Crippen LogP contribution in [0.15, 0.2) is 58.5 Å². The number of anilines is 2. The minimum Gasteiger partial charge on any atom is -0.463 e. The van der Waals surface area contributed by atoms with Crippen molar-refractivity contribution in [2.24, 2.45) is 5.10 Å². The van der Waals surface area contributed by atoms with Crippen molar-refractivity contribution in [3.8, 4) is 0 Å². The van der Waals surface area contributed by atoms with Gasteiger partial charge in [-0.05, 0) is 61.6 Å². The Morgan fingerprint density at radius 3 is 3.00 bits per heavy atom. The number of hydrogen-bond donors (Lipinski definition) is 2. The van der Waals surface area contributed by atoms with Crippen molar-refractivity contribution in [3.63, 3.8) is 0 Å². The van der Waals surface area contributed by atoms with Crippen LogP contribution in [-0.2, 0) is 12.8 Å². The first-order valence-corrected chi connectivity index (χ1v) is 10.6. The van der Waals surface area contributed by atoms with Gasteiger partial charge >= 0.3 is 0 Å². The molecular weight excluding hydrogens is 398 g/mol. The fourth-order valence-electron chi connectivity index (χ4n) is 3.64. The SMILES string of the molecule is O=C(N/N=C/c1ccco1)c1cccc(Nc2ncnc3sc4c(c23)CCCC4)c1. The Bertz CT molecular complexity index is 1230. The van der Waals surface area contributed by atoms with E-state index in [1.165, 1.54) is 29.5 Å². The number of hydrogen-bond acceptors (Lipinski definition) is 7. The van der Waals surface area contributed by atoms with Crippen molar-refractivity contribution in [1.29, 1.82) is 0 Å². The summed E-state index contributed by atoms with van der Waals surface area (Å²) in [5.41, 5.74) is 5.16. The summed E-state index contributed by atoms with van der Waals surface area (Å²) in [6.07, 6.45) is 9.20. The first kappa shape index (κ1) is 18.5. The van der Waals surface area contributed by atoms with Crippen LogP contribution in [-0.4, -0.2) is 22.1 Å². The number of benzene rings is 1. The van der Waals surface area contributed by atoms with Gasteiger partial charge < -0.3 is 9.73 Å². The summed E-state index contributed by atoms with van der Waals surface area (Å²) < 4.78 is 5.15. The number of furan rings is 1. The van der Waals surface area contributed by atoms with Gasteiger partial charge in [-0.3, -0.25) is 4.79 Å². The van der Waals surface area contributed by atoms with Crippen molar-refractivity contribution in [2.75, 3.05) is 5.32 Å². The number of aryl methyl sites for hydroxylation is 2. The molecule has 0 radical (unpaired) electrons. The lowest BCUT2D eigenvalue weighted by Crippen LogP contribution is -2.17. The van der Waals surface area contributed by atoms with E-state index in [1.807, 2.05) is 12.1 Å². The van der Waals surface area contributed by atoms with E-state index >= 15 is 0 Å². The number of nitrogens with zero attached hydrogens (tertiary/aromatic N) is 3. The molecule has 1 aliphatic rings. The van der Waals surface area contributed by atoms with Crippen LogP contribution < -0.4 is 10.7 Å². The second-order valence-electron chi connectivity index (χ2n) is 7.03. The molecule has 0 saturated carbocycles. The van der Waals surface area contributed by atoms with Crippen LogP contribution in [0.25, 0.3) is 10.2 Å². The van der Waals surface area contributed by atoms with Gasteiger partial charge in [0, 0.05) is 16.1 Å². The molecule has 0 unspecified atom stereocenters. The average Bonchev–Trinajstić information content (AvgIpc) is 3.42. The summed E-state index contributed by atoms with van der Waals surface area (Å²) in [7, 11) is 0. The van der Waals surface area contributed by atoms with E-state index in [9.17, 15) is 4.79 Å². The summed E-state index contributed by atoms with van der Waals surface area (Å²) in [5, 5.41) is 8.41. The second-order valence-corrected chi connectivity index (χ2v) is 8.12. The lowest BCUT2D eigenvalue weighted by Gasteiger charge is -2.12. The molecular formula is C22H19N5O2S. The highest BCUT2D eigenvalue weighted by molar-refractivity contribution is 7.19. The highest BCUT2D eigenvalue weighted by Gasteiger charge is 2.20. The number of hydrazone groups is 1. The van der Waals surface area contributed by atoms with Gasteiger partial charge in [-0.25, -0.2) is 15.4 Å². The molecule has 0 saturated heterocycles. The average molecular weight is 417 g/mol. The highest BCUT2D eigenvalue weighted by atomic mass is 32.1. The maximum absolute atomic E-state index is 12.4. The molecule has 2 N–H and O–H groups in total. The Hall–Kier alpha value is -3.52. The number of fused-ring (bicyclic) bond motifs is 3. The van der Waals surface area contributed by atoms with Crippen LogP contribution in [0.5, 0.6) is 0 Å². The van der Waals surface area contributed by atoms with E-state index in [0.29, 0.717) is 11.3 Å². The number of carbonyl (C=O) groups excluding carboxylic acids is 1. The predicted octanol–water partition coefficient (Wildman–Crippen LogP) is 4.67. The number of amides is 1. The van der Waals surface area contributed by atoms with Crippen LogP contribution in [0.2, 0.25) is 0 Å². The van der Waals surface area contributed by atoms with Gasteiger partial charge in [-0.1, -0.05) is 6.07 Å². The molecule has 1 amide bonds. The van der Waals surface area contributed by atoms with Gasteiger partial charge in [-0.15, -0.1) is 11.3 Å². The zero-order valence-corrected chi connectivity index (χ0v) is 16.9. The summed E-state index contributed by atoms with van der Waals surface area (Å²) in [4.78, 5) is 23.8. The van der Waals surface area contributed by atoms with Gasteiger partial charge in [0.25, 0.3) is 5.91 Å². The largest absolute Gasteiger partial charge is 0.463 e. The lowest BCUT2D eigenvalue weighted by atomic mass is 9.97. The van der Waals surface area contributed by atoms with E-state index in [2.05, 4.69) is 25.8 Å². The molecule has 8 heteroatoms. The molecule has 0 aliphatic heterocycles. The summed E-state index contributed by atoms with van der Waals surface area (Å²) in [6.45, 7) is 0. The van der Waals surface area contributed by atoms with E-state index in [0.717, 1.165) is 34.6 Å². The van der Waals surface area contributed by atoms with Crippen LogP contribution in [0.4, 0.5) is 11.5 Å². The van der Waals surface area contributed by atoms with Crippen molar-refractivity contribution in [2.45, 2.75) is 25.7 Å². The van der Waals surface area contributed by atoms with Gasteiger partial charge in [0.15, 0.2) is 0 Å². The van der Waals surface area contributed by atoms with E-state index in [4.69, 9.17) is 4.42 Å². The predicted molar refractivity (Wildman–Crippen MR) is 118 cm³/mol. The van der Waals surface area contributed by atoms with E-state index < -0.39 is 0 Å². The molecule has 1 aliphatic carbocycles. The van der Waals surface area contributed by atoms with Gasteiger partial charge in [0.1, 0.15) is 22.7 Å². The molecule has 3 aromatic heterocycles. The van der Waals surface area contributed by atoms with Gasteiger partial charge in [-0.2, -0.15) is 5.10 Å². The quantitative estimate of drug-likeness (QED) is 0.364. The van der Waals surface area contributed by atoms with Crippen molar-refractivity contribution in [3.05, 3.63) is 70.8 Å². The second kappa shape index (κ2) is 8.08. The Labute approximate surface area is 176 Å². The highest BCUT2D eigenvalue weighted by Crippen LogP contribution is 2.38. The Morgan fingerprint density at radius 1 is 1.17 bits per heavy atom. The van der Waals surface area contributed by atoms with Crippen LogP contribution >= 0.6 is 11.3 Å². The topological polar surface area (TPSA) is 92.4 Å². The lowest BCUT2D eigenvalue weighted by molar-refractivity contribution is 0.0955. The Balaban J connectivity index is 1.37. The standard InChI is InChI=1S/C22H19N5O2S/c28-21(27-25-12-16-7-4-10-29-16)14-5-3-6-15(11-14)26-20-19-17-8-1-2-9-18(17)30-22(19)24-13-23-20/h3-7,10-13H,1-2,8-9H2,(H,27,28)(H,23,24,26)/b25-12+. The molecule has 0 spiro atoms. The van der Waals surface area contributed by atoms with Crippen LogP contribution in [0, 0.1) is 0 Å². The molecule has 1 aromatic carbocycles. The Morgan fingerprint density at radius 2 is 2.10 bits per heavy atom. The smallest absolute Gasteiger partial charge is 0.271 e. The van der Waals surface area contributed by atoms with Crippen LogP contribution in [0.1, 0.15) is 39.4 Å². The third kappa shape index (κ3) is 3.69. The summed E-state index contributed by atoms with van der Waals surface area (Å²) >= 11 is 1.76. The molecule has 0 bridgehead atoms. The Kier molecular flexibility index (Phi) is 4.98. The zero-order chi connectivity index (χ0) is 20.3. The maximum atomic E-state index is 12.4. The van der Waals surface area contributed by atoms with Gasteiger partial charge in [0.2, 0.25) is 0 Å². The van der Waals surface area contributed by atoms with Crippen molar-refractivity contribution >= 4 is 45.2 Å². The third-order valence-corrected chi connectivity index (χ3v) is 6.24. The summed E-state index contributed by atoms with van der Waals surface area (Å²) in [5.74, 6) is 1.05. The van der Waals surface area contributed by atoms with Gasteiger partial charge in [0.05, 0.1) is 17.9 Å². The molecule has 0 fully saturated rings. The first-order chi connectivity index (χ1) is 14.8. The van der Waals surface area contributed by atoms with E-state index in [1.54, 1.807) is 48.2 Å². The zero-order valence-electron chi connectivity index (χ0n) is 16.1. The molecule has 5 rings (SSSR count). The van der Waals surface area contributed by atoms with Crippen LogP contribution in [0.3, 0.4) is 0 Å².